The molecule has 0 saturated carbocycles. The molecule has 80 valence electrons. The fourth-order valence-electron chi connectivity index (χ4n) is 1.27. The quantitative estimate of drug-likeness (QED) is 0.633. The van der Waals surface area contributed by atoms with Crippen molar-refractivity contribution in [2.45, 2.75) is 12.8 Å². The number of nitrogens with zero attached hydrogens (tertiary/aromatic N) is 2. The van der Waals surface area contributed by atoms with Crippen molar-refractivity contribution in [1.29, 1.82) is 0 Å². The number of hydrogen-bond donors (Lipinski definition) is 1. The van der Waals surface area contributed by atoms with E-state index in [2.05, 4.69) is 15.5 Å². The van der Waals surface area contributed by atoms with Crippen LogP contribution >= 0.6 is 11.6 Å². The molecular formula is C10H12ClN3O. The summed E-state index contributed by atoms with van der Waals surface area (Å²) in [5.41, 5.74) is 1.72. The van der Waals surface area contributed by atoms with Crippen LogP contribution in [0.3, 0.4) is 0 Å². The van der Waals surface area contributed by atoms with Gasteiger partial charge < -0.3 is 5.32 Å². The number of pyridine rings is 1. The maximum absolute atomic E-state index is 10.2. The first kappa shape index (κ1) is 11.7. The van der Waals surface area contributed by atoms with E-state index in [0.29, 0.717) is 5.15 Å². The van der Waals surface area contributed by atoms with E-state index in [-0.39, 0.29) is 5.92 Å². The van der Waals surface area contributed by atoms with Crippen LogP contribution in [0, 0.1) is 4.91 Å². The summed E-state index contributed by atoms with van der Waals surface area (Å²) >= 11 is 5.68. The van der Waals surface area contributed by atoms with Gasteiger partial charge in [-0.15, -0.1) is 4.91 Å². The molecule has 0 aromatic carbocycles. The second-order valence-electron chi connectivity index (χ2n) is 3.08. The Balaban J connectivity index is 2.92. The monoisotopic (exact) mass is 225 g/mol. The molecule has 0 fully saturated rings. The zero-order valence-electron chi connectivity index (χ0n) is 8.57. The molecule has 0 bridgehead atoms. The minimum atomic E-state index is 0.0393. The molecule has 15 heavy (non-hydrogen) atoms. The topological polar surface area (TPSA) is 54.4 Å². The molecule has 1 aromatic heterocycles. The molecule has 1 unspecified atom stereocenters. The van der Waals surface area contributed by atoms with Crippen LogP contribution in [0.4, 0.5) is 0 Å². The van der Waals surface area contributed by atoms with Gasteiger partial charge in [0.05, 0.1) is 6.20 Å². The minimum absolute atomic E-state index is 0.0393. The Bertz CT molecular complexity index is 361. The Hall–Kier alpha value is -1.42. The van der Waals surface area contributed by atoms with Crippen LogP contribution in [0.1, 0.15) is 18.4 Å². The lowest BCUT2D eigenvalue weighted by Gasteiger charge is -2.14. The van der Waals surface area contributed by atoms with Crippen LogP contribution in [-0.2, 0) is 0 Å². The number of allylic oxidation sites excluding steroid dienone is 1. The first-order valence-electron chi connectivity index (χ1n) is 4.50. The van der Waals surface area contributed by atoms with Crippen LogP contribution < -0.4 is 5.32 Å². The third-order valence-corrected chi connectivity index (χ3v) is 2.42. The van der Waals surface area contributed by atoms with Gasteiger partial charge in [0.15, 0.2) is 0 Å². The van der Waals surface area contributed by atoms with Crippen molar-refractivity contribution >= 4 is 11.6 Å². The zero-order valence-corrected chi connectivity index (χ0v) is 9.32. The third-order valence-electron chi connectivity index (χ3n) is 2.20. The molecule has 0 aliphatic rings. The molecule has 1 rings (SSSR count). The van der Waals surface area contributed by atoms with Crippen LogP contribution in [0.15, 0.2) is 35.4 Å². The molecule has 1 aromatic rings. The lowest BCUT2D eigenvalue weighted by Crippen LogP contribution is -2.12. The summed E-state index contributed by atoms with van der Waals surface area (Å²) in [4.78, 5) is 14.1. The van der Waals surface area contributed by atoms with Crippen molar-refractivity contribution < 1.29 is 0 Å². The predicted octanol–water partition coefficient (Wildman–Crippen LogP) is 2.67. The molecule has 0 aliphatic heterocycles. The van der Waals surface area contributed by atoms with Gasteiger partial charge in [-0.25, -0.2) is 4.98 Å². The summed E-state index contributed by atoms with van der Waals surface area (Å²) in [5, 5.41) is 6.13. The first-order valence-corrected chi connectivity index (χ1v) is 4.88. The molecule has 0 amide bonds. The molecule has 4 nitrogen and oxygen atoms in total. The summed E-state index contributed by atoms with van der Waals surface area (Å²) in [6.45, 7) is 1.96. The van der Waals surface area contributed by atoms with Crippen molar-refractivity contribution in [3.05, 3.63) is 45.9 Å². The van der Waals surface area contributed by atoms with Crippen molar-refractivity contribution in [3.63, 3.8) is 0 Å². The van der Waals surface area contributed by atoms with E-state index in [1.165, 1.54) is 6.20 Å². The largest absolute Gasteiger partial charge is 0.390 e. The van der Waals surface area contributed by atoms with E-state index in [4.69, 9.17) is 11.6 Å². The van der Waals surface area contributed by atoms with Gasteiger partial charge in [-0.05, 0) is 16.8 Å². The van der Waals surface area contributed by atoms with E-state index in [1.54, 1.807) is 19.3 Å². The highest BCUT2D eigenvalue weighted by molar-refractivity contribution is 6.29. The van der Waals surface area contributed by atoms with E-state index in [0.717, 1.165) is 11.3 Å². The Kier molecular flexibility index (Phi) is 4.24. The SMILES string of the molecule is CN/C(=C\N=O)C(C)c1ccc(Cl)nc1. The minimum Gasteiger partial charge on any atom is -0.390 e. The molecule has 1 atom stereocenters. The highest BCUT2D eigenvalue weighted by atomic mass is 35.5. The predicted molar refractivity (Wildman–Crippen MR) is 60.6 cm³/mol. The molecule has 0 saturated heterocycles. The molecule has 0 radical (unpaired) electrons. The van der Waals surface area contributed by atoms with Crippen LogP contribution in [0.5, 0.6) is 0 Å². The molecular weight excluding hydrogens is 214 g/mol. The summed E-state index contributed by atoms with van der Waals surface area (Å²) in [6, 6.07) is 3.59. The van der Waals surface area contributed by atoms with Gasteiger partial charge in [-0.2, -0.15) is 0 Å². The Labute approximate surface area is 93.3 Å². The summed E-state index contributed by atoms with van der Waals surface area (Å²) < 4.78 is 0. The molecule has 0 spiro atoms. The van der Waals surface area contributed by atoms with Crippen molar-refractivity contribution in [3.8, 4) is 0 Å². The maximum atomic E-state index is 10.2. The second kappa shape index (κ2) is 5.46. The van der Waals surface area contributed by atoms with Crippen molar-refractivity contribution in [2.24, 2.45) is 5.18 Å². The van der Waals surface area contributed by atoms with Crippen LogP contribution in [0.2, 0.25) is 5.15 Å². The number of rotatable bonds is 4. The van der Waals surface area contributed by atoms with Gasteiger partial charge in [0.1, 0.15) is 5.15 Å². The summed E-state index contributed by atoms with van der Waals surface area (Å²) in [5.74, 6) is 0.0393. The average molecular weight is 226 g/mol. The lowest BCUT2D eigenvalue weighted by molar-refractivity contribution is 0.783. The maximum Gasteiger partial charge on any atom is 0.129 e. The molecule has 1 N–H and O–H groups in total. The Morgan fingerprint density at radius 3 is 2.87 bits per heavy atom. The van der Waals surface area contributed by atoms with Crippen molar-refractivity contribution in [2.75, 3.05) is 7.05 Å². The van der Waals surface area contributed by atoms with E-state index < -0.39 is 0 Å². The summed E-state index contributed by atoms with van der Waals surface area (Å²) in [6.07, 6.45) is 2.95. The number of nitroso groups, excluding NO2 is 1. The fraction of sp³-hybridized carbons (Fsp3) is 0.300. The number of aromatic nitrogens is 1. The van der Waals surface area contributed by atoms with Gasteiger partial charge in [-0.3, -0.25) is 0 Å². The second-order valence-corrected chi connectivity index (χ2v) is 3.46. The van der Waals surface area contributed by atoms with Crippen LogP contribution in [0.25, 0.3) is 0 Å². The number of nitrogens with one attached hydrogen (secondary N) is 1. The normalized spacial score (nSPS) is 13.4. The van der Waals surface area contributed by atoms with E-state index in [9.17, 15) is 4.91 Å². The zero-order chi connectivity index (χ0) is 11.3. The first-order chi connectivity index (χ1) is 7.19. The van der Waals surface area contributed by atoms with Gasteiger partial charge in [0, 0.05) is 24.9 Å². The fourth-order valence-corrected chi connectivity index (χ4v) is 1.38. The van der Waals surface area contributed by atoms with Gasteiger partial charge in [0.25, 0.3) is 0 Å². The number of likely N-dealkylation sites (N-methyl/N-ethyl adjacent to an activating group) is 1. The Morgan fingerprint density at radius 1 is 1.67 bits per heavy atom. The van der Waals surface area contributed by atoms with Crippen molar-refractivity contribution in [1.82, 2.24) is 10.3 Å². The number of hydrogen-bond acceptors (Lipinski definition) is 4. The molecule has 5 heteroatoms. The van der Waals surface area contributed by atoms with Crippen LogP contribution in [-0.4, -0.2) is 12.0 Å². The molecule has 1 heterocycles. The summed E-state index contributed by atoms with van der Waals surface area (Å²) in [7, 11) is 1.75. The number of halogens is 1. The standard InChI is InChI=1S/C10H12ClN3O/c1-7(9(12-2)6-14-15)8-3-4-10(11)13-5-8/h3-7,12H,1-2H3/b9-6-. The van der Waals surface area contributed by atoms with Gasteiger partial charge >= 0.3 is 0 Å². The van der Waals surface area contributed by atoms with E-state index >= 15 is 0 Å². The molecule has 0 aliphatic carbocycles. The third kappa shape index (κ3) is 3.02. The Morgan fingerprint density at radius 2 is 2.40 bits per heavy atom. The highest BCUT2D eigenvalue weighted by Gasteiger charge is 2.10. The van der Waals surface area contributed by atoms with Gasteiger partial charge in [0.2, 0.25) is 0 Å². The highest BCUT2D eigenvalue weighted by Crippen LogP contribution is 2.21. The average Bonchev–Trinajstić information content (AvgIpc) is 2.26. The van der Waals surface area contributed by atoms with E-state index in [1.807, 2.05) is 13.0 Å². The van der Waals surface area contributed by atoms with Gasteiger partial charge in [-0.1, -0.05) is 24.6 Å². The lowest BCUT2D eigenvalue weighted by atomic mass is 10.00. The smallest absolute Gasteiger partial charge is 0.129 e.